The van der Waals surface area contributed by atoms with Crippen molar-refractivity contribution in [2.45, 2.75) is 6.54 Å². The first-order chi connectivity index (χ1) is 9.15. The van der Waals surface area contributed by atoms with Crippen molar-refractivity contribution in [2.75, 3.05) is 39.8 Å². The summed E-state index contributed by atoms with van der Waals surface area (Å²) in [7, 11) is 1.97. The first-order valence-electron chi connectivity index (χ1n) is 6.56. The van der Waals surface area contributed by atoms with Gasteiger partial charge in [-0.25, -0.2) is 0 Å². The zero-order valence-electron chi connectivity index (χ0n) is 11.6. The van der Waals surface area contributed by atoms with Crippen LogP contribution in [0.15, 0.2) is 24.3 Å². The smallest absolute Gasteiger partial charge is 0.236 e. The summed E-state index contributed by atoms with van der Waals surface area (Å²) in [5, 5.41) is 3.99. The molecule has 1 N–H and O–H groups in total. The summed E-state index contributed by atoms with van der Waals surface area (Å²) in [6.45, 7) is 4.64. The lowest BCUT2D eigenvalue weighted by Gasteiger charge is -2.29. The van der Waals surface area contributed by atoms with Crippen LogP contribution in [-0.4, -0.2) is 55.5 Å². The molecule has 6 heteroatoms. The second-order valence-electron chi connectivity index (χ2n) is 4.93. The molecule has 0 radical (unpaired) electrons. The monoisotopic (exact) mass is 317 g/mol. The average Bonchev–Trinajstić information content (AvgIpc) is 2.42. The molecule has 1 aliphatic rings. The van der Waals surface area contributed by atoms with Gasteiger partial charge in [0.25, 0.3) is 0 Å². The zero-order valence-corrected chi connectivity index (χ0v) is 13.2. The number of hydrogen-bond acceptors (Lipinski definition) is 3. The third kappa shape index (κ3) is 5.29. The third-order valence-corrected chi connectivity index (χ3v) is 3.49. The molecule has 0 aliphatic carbocycles. The Hall–Kier alpha value is -0.810. The number of halogens is 2. The highest BCUT2D eigenvalue weighted by Crippen LogP contribution is 2.11. The molecule has 0 spiro atoms. The molecule has 0 saturated carbocycles. The highest BCUT2D eigenvalue weighted by molar-refractivity contribution is 6.30. The molecular formula is C14H21Cl2N3O. The minimum absolute atomic E-state index is 0. The van der Waals surface area contributed by atoms with Gasteiger partial charge in [0.05, 0.1) is 6.54 Å². The average molecular weight is 318 g/mol. The van der Waals surface area contributed by atoms with Crippen molar-refractivity contribution >= 4 is 29.9 Å². The highest BCUT2D eigenvalue weighted by Gasteiger charge is 2.17. The fourth-order valence-electron chi connectivity index (χ4n) is 2.20. The molecule has 1 aromatic rings. The standard InChI is InChI=1S/C14H20ClN3O.ClH/c1-17(10-12-2-4-13(15)5-3-12)11-14(19)18-8-6-16-7-9-18;/h2-5,16H,6-11H2,1H3;1H. The first-order valence-corrected chi connectivity index (χ1v) is 6.94. The number of benzene rings is 1. The summed E-state index contributed by atoms with van der Waals surface area (Å²) in [4.78, 5) is 16.0. The largest absolute Gasteiger partial charge is 0.339 e. The molecule has 2 rings (SSSR count). The molecule has 1 aromatic carbocycles. The predicted molar refractivity (Wildman–Crippen MR) is 84.5 cm³/mol. The van der Waals surface area contributed by atoms with Crippen molar-refractivity contribution in [3.63, 3.8) is 0 Å². The number of nitrogens with zero attached hydrogens (tertiary/aromatic N) is 2. The van der Waals surface area contributed by atoms with E-state index in [0.29, 0.717) is 6.54 Å². The van der Waals surface area contributed by atoms with Crippen molar-refractivity contribution in [2.24, 2.45) is 0 Å². The topological polar surface area (TPSA) is 35.6 Å². The van der Waals surface area contributed by atoms with Gasteiger partial charge in [-0.2, -0.15) is 0 Å². The maximum absolute atomic E-state index is 12.1. The van der Waals surface area contributed by atoms with Crippen LogP contribution in [0.25, 0.3) is 0 Å². The number of rotatable bonds is 4. The molecule has 4 nitrogen and oxygen atoms in total. The van der Waals surface area contributed by atoms with Gasteiger partial charge in [0, 0.05) is 37.7 Å². The van der Waals surface area contributed by atoms with Gasteiger partial charge in [0.1, 0.15) is 0 Å². The Balaban J connectivity index is 0.00000200. The van der Waals surface area contributed by atoms with Gasteiger partial charge in [-0.05, 0) is 24.7 Å². The van der Waals surface area contributed by atoms with E-state index in [4.69, 9.17) is 11.6 Å². The third-order valence-electron chi connectivity index (χ3n) is 3.24. The van der Waals surface area contributed by atoms with Gasteiger partial charge in [-0.1, -0.05) is 23.7 Å². The molecule has 0 atom stereocenters. The van der Waals surface area contributed by atoms with Crippen LogP contribution in [0.1, 0.15) is 5.56 Å². The van der Waals surface area contributed by atoms with Gasteiger partial charge in [-0.15, -0.1) is 12.4 Å². The number of likely N-dealkylation sites (N-methyl/N-ethyl adjacent to an activating group) is 1. The van der Waals surface area contributed by atoms with E-state index >= 15 is 0 Å². The van der Waals surface area contributed by atoms with Crippen molar-refractivity contribution in [1.82, 2.24) is 15.1 Å². The molecule has 0 unspecified atom stereocenters. The Morgan fingerprint density at radius 1 is 1.30 bits per heavy atom. The Bertz CT molecular complexity index is 419. The van der Waals surface area contributed by atoms with E-state index < -0.39 is 0 Å². The fraction of sp³-hybridized carbons (Fsp3) is 0.500. The van der Waals surface area contributed by atoms with Gasteiger partial charge in [0.2, 0.25) is 5.91 Å². The van der Waals surface area contributed by atoms with Gasteiger partial charge >= 0.3 is 0 Å². The van der Waals surface area contributed by atoms with Crippen molar-refractivity contribution in [3.05, 3.63) is 34.9 Å². The van der Waals surface area contributed by atoms with E-state index in [0.717, 1.165) is 37.7 Å². The number of carbonyl (C=O) groups excluding carboxylic acids is 1. The summed E-state index contributed by atoms with van der Waals surface area (Å²) in [6.07, 6.45) is 0. The molecule has 1 saturated heterocycles. The second-order valence-corrected chi connectivity index (χ2v) is 5.37. The minimum Gasteiger partial charge on any atom is -0.339 e. The number of carbonyl (C=O) groups is 1. The lowest BCUT2D eigenvalue weighted by Crippen LogP contribution is -2.49. The van der Waals surface area contributed by atoms with Crippen LogP contribution in [0.5, 0.6) is 0 Å². The van der Waals surface area contributed by atoms with Crippen LogP contribution in [0.3, 0.4) is 0 Å². The molecule has 0 bridgehead atoms. The zero-order chi connectivity index (χ0) is 13.7. The van der Waals surface area contributed by atoms with E-state index in [2.05, 4.69) is 5.32 Å². The summed E-state index contributed by atoms with van der Waals surface area (Å²) >= 11 is 5.85. The quantitative estimate of drug-likeness (QED) is 0.916. The number of amides is 1. The molecule has 1 heterocycles. The molecule has 1 amide bonds. The van der Waals surface area contributed by atoms with E-state index in [9.17, 15) is 4.79 Å². The first kappa shape index (κ1) is 17.2. The molecule has 1 fully saturated rings. The van der Waals surface area contributed by atoms with Gasteiger partial charge < -0.3 is 10.2 Å². The Morgan fingerprint density at radius 3 is 2.50 bits per heavy atom. The van der Waals surface area contributed by atoms with Crippen LogP contribution < -0.4 is 5.32 Å². The minimum atomic E-state index is 0. The van der Waals surface area contributed by atoms with E-state index in [1.807, 2.05) is 41.1 Å². The van der Waals surface area contributed by atoms with E-state index in [1.165, 1.54) is 5.56 Å². The Morgan fingerprint density at radius 2 is 1.90 bits per heavy atom. The lowest BCUT2D eigenvalue weighted by atomic mass is 10.2. The number of hydrogen-bond donors (Lipinski definition) is 1. The Labute approximate surface area is 131 Å². The molecule has 112 valence electrons. The fourth-order valence-corrected chi connectivity index (χ4v) is 2.33. The molecule has 20 heavy (non-hydrogen) atoms. The van der Waals surface area contributed by atoms with Crippen LogP contribution in [0.4, 0.5) is 0 Å². The Kier molecular flexibility index (Phi) is 7.30. The number of nitrogens with one attached hydrogen (secondary N) is 1. The maximum Gasteiger partial charge on any atom is 0.236 e. The van der Waals surface area contributed by atoms with Gasteiger partial charge in [-0.3, -0.25) is 9.69 Å². The lowest BCUT2D eigenvalue weighted by molar-refractivity contribution is -0.132. The van der Waals surface area contributed by atoms with Crippen LogP contribution in [0.2, 0.25) is 5.02 Å². The van der Waals surface area contributed by atoms with Crippen LogP contribution >= 0.6 is 24.0 Å². The normalized spacial score (nSPS) is 15.1. The van der Waals surface area contributed by atoms with E-state index in [-0.39, 0.29) is 18.3 Å². The van der Waals surface area contributed by atoms with E-state index in [1.54, 1.807) is 0 Å². The molecular weight excluding hydrogens is 297 g/mol. The maximum atomic E-state index is 12.1. The van der Waals surface area contributed by atoms with Crippen LogP contribution in [0, 0.1) is 0 Å². The van der Waals surface area contributed by atoms with Gasteiger partial charge in [0.15, 0.2) is 0 Å². The van der Waals surface area contributed by atoms with Crippen molar-refractivity contribution in [1.29, 1.82) is 0 Å². The van der Waals surface area contributed by atoms with Crippen molar-refractivity contribution in [3.8, 4) is 0 Å². The summed E-state index contributed by atoms with van der Waals surface area (Å²) in [5.74, 6) is 0.206. The summed E-state index contributed by atoms with van der Waals surface area (Å²) < 4.78 is 0. The number of piperazine rings is 1. The predicted octanol–water partition coefficient (Wildman–Crippen LogP) is 1.63. The SMILES string of the molecule is CN(CC(=O)N1CCNCC1)Cc1ccc(Cl)cc1.Cl. The van der Waals surface area contributed by atoms with Crippen LogP contribution in [-0.2, 0) is 11.3 Å². The molecule has 1 aliphatic heterocycles. The molecule has 0 aromatic heterocycles. The highest BCUT2D eigenvalue weighted by atomic mass is 35.5. The second kappa shape index (κ2) is 8.47. The summed E-state index contributed by atoms with van der Waals surface area (Å²) in [6, 6.07) is 7.74. The summed E-state index contributed by atoms with van der Waals surface area (Å²) in [5.41, 5.74) is 1.17. The van der Waals surface area contributed by atoms with Crippen molar-refractivity contribution < 1.29 is 4.79 Å².